The summed E-state index contributed by atoms with van der Waals surface area (Å²) in [4.78, 5) is 30.3. The molecule has 0 saturated heterocycles. The van der Waals surface area contributed by atoms with Crippen molar-refractivity contribution in [2.45, 2.75) is 39.3 Å². The fourth-order valence-corrected chi connectivity index (χ4v) is 3.57. The first-order valence-corrected chi connectivity index (χ1v) is 9.28. The standard InChI is InChI=1S/C20H23N5O2/c1-4-25-19(21-11-22-25)17(13-6-7-13)23-20(27)15-10-24(3)16-8-5-12(2)9-14(16)18(15)26/h5,8-11,13,17H,4,6-7H2,1-3H3,(H,23,27)/t17-/m1/s1. The van der Waals surface area contributed by atoms with E-state index in [1.165, 1.54) is 6.33 Å². The number of hydrogen-bond donors (Lipinski definition) is 1. The van der Waals surface area contributed by atoms with Crippen LogP contribution in [-0.2, 0) is 13.6 Å². The predicted molar refractivity (Wildman–Crippen MR) is 103 cm³/mol. The number of carbonyl (C=O) groups excluding carboxylic acids is 1. The number of hydrogen-bond acceptors (Lipinski definition) is 4. The Morgan fingerprint density at radius 3 is 2.85 bits per heavy atom. The number of pyridine rings is 1. The van der Waals surface area contributed by atoms with Crippen molar-refractivity contribution in [3.63, 3.8) is 0 Å². The van der Waals surface area contributed by atoms with E-state index < -0.39 is 0 Å². The molecule has 0 radical (unpaired) electrons. The second kappa shape index (κ2) is 6.64. The quantitative estimate of drug-likeness (QED) is 0.752. The second-order valence-electron chi connectivity index (χ2n) is 7.23. The van der Waals surface area contributed by atoms with Crippen LogP contribution in [0.15, 0.2) is 35.5 Å². The summed E-state index contributed by atoms with van der Waals surface area (Å²) in [7, 11) is 1.85. The van der Waals surface area contributed by atoms with E-state index in [1.807, 2.05) is 43.7 Å². The molecule has 1 amide bonds. The van der Waals surface area contributed by atoms with Crippen LogP contribution < -0.4 is 10.7 Å². The van der Waals surface area contributed by atoms with Crippen molar-refractivity contribution in [3.05, 3.63) is 57.9 Å². The average molecular weight is 365 g/mol. The van der Waals surface area contributed by atoms with Crippen LogP contribution in [0.2, 0.25) is 0 Å². The summed E-state index contributed by atoms with van der Waals surface area (Å²) in [6.07, 6.45) is 5.20. The number of aryl methyl sites for hydroxylation is 3. The van der Waals surface area contributed by atoms with Crippen LogP contribution in [0.5, 0.6) is 0 Å². The van der Waals surface area contributed by atoms with E-state index in [4.69, 9.17) is 0 Å². The molecular weight excluding hydrogens is 342 g/mol. The molecule has 1 fully saturated rings. The van der Waals surface area contributed by atoms with Gasteiger partial charge in [-0.05, 0) is 44.7 Å². The van der Waals surface area contributed by atoms with Crippen LogP contribution >= 0.6 is 0 Å². The van der Waals surface area contributed by atoms with Gasteiger partial charge in [0, 0.05) is 25.2 Å². The lowest BCUT2D eigenvalue weighted by Gasteiger charge is -2.18. The van der Waals surface area contributed by atoms with Gasteiger partial charge in [0.2, 0.25) is 5.43 Å². The molecule has 0 spiro atoms. The Morgan fingerprint density at radius 2 is 2.15 bits per heavy atom. The van der Waals surface area contributed by atoms with Gasteiger partial charge in [-0.25, -0.2) is 9.67 Å². The number of nitrogens with one attached hydrogen (secondary N) is 1. The molecule has 7 heteroatoms. The molecule has 2 aromatic heterocycles. The van der Waals surface area contributed by atoms with Gasteiger partial charge in [-0.3, -0.25) is 9.59 Å². The number of fused-ring (bicyclic) bond motifs is 1. The third-order valence-electron chi connectivity index (χ3n) is 5.19. The van der Waals surface area contributed by atoms with Gasteiger partial charge < -0.3 is 9.88 Å². The van der Waals surface area contributed by atoms with Crippen LogP contribution in [0, 0.1) is 12.8 Å². The summed E-state index contributed by atoms with van der Waals surface area (Å²) >= 11 is 0. The maximum absolute atomic E-state index is 13.0. The molecule has 27 heavy (non-hydrogen) atoms. The van der Waals surface area contributed by atoms with Crippen molar-refractivity contribution in [1.29, 1.82) is 0 Å². The van der Waals surface area contributed by atoms with Crippen molar-refractivity contribution in [1.82, 2.24) is 24.6 Å². The van der Waals surface area contributed by atoms with Crippen molar-refractivity contribution in [3.8, 4) is 0 Å². The Hall–Kier alpha value is -2.96. The largest absolute Gasteiger partial charge is 0.350 e. The zero-order chi connectivity index (χ0) is 19.1. The summed E-state index contributed by atoms with van der Waals surface area (Å²) in [6.45, 7) is 4.61. The highest BCUT2D eigenvalue weighted by Crippen LogP contribution is 2.40. The molecule has 2 heterocycles. The zero-order valence-corrected chi connectivity index (χ0v) is 15.8. The van der Waals surface area contributed by atoms with E-state index >= 15 is 0 Å². The molecule has 1 saturated carbocycles. The maximum atomic E-state index is 13.0. The van der Waals surface area contributed by atoms with E-state index in [2.05, 4.69) is 15.4 Å². The summed E-state index contributed by atoms with van der Waals surface area (Å²) in [5, 5.41) is 7.82. The number of carbonyl (C=O) groups is 1. The Morgan fingerprint density at radius 1 is 1.37 bits per heavy atom. The van der Waals surface area contributed by atoms with Crippen LogP contribution in [0.3, 0.4) is 0 Å². The SMILES string of the molecule is CCn1ncnc1[C@H](NC(=O)c1cn(C)c2ccc(C)cc2c1=O)C1CC1. The molecule has 1 N–H and O–H groups in total. The van der Waals surface area contributed by atoms with E-state index in [0.717, 1.165) is 29.7 Å². The normalized spacial score (nSPS) is 15.1. The molecular formula is C20H23N5O2. The Kier molecular flexibility index (Phi) is 4.30. The van der Waals surface area contributed by atoms with E-state index in [-0.39, 0.29) is 22.9 Å². The smallest absolute Gasteiger partial charge is 0.257 e. The molecule has 1 aromatic carbocycles. The fourth-order valence-electron chi connectivity index (χ4n) is 3.57. The number of rotatable bonds is 5. The summed E-state index contributed by atoms with van der Waals surface area (Å²) in [6, 6.07) is 5.48. The Balaban J connectivity index is 1.72. The van der Waals surface area contributed by atoms with Crippen molar-refractivity contribution in [2.75, 3.05) is 0 Å². The lowest BCUT2D eigenvalue weighted by atomic mass is 10.1. The fraction of sp³-hybridized carbons (Fsp3) is 0.400. The third kappa shape index (κ3) is 3.13. The van der Waals surface area contributed by atoms with Crippen LogP contribution in [0.1, 0.15) is 47.6 Å². The monoisotopic (exact) mass is 365 g/mol. The van der Waals surface area contributed by atoms with Crippen molar-refractivity contribution >= 4 is 16.8 Å². The van der Waals surface area contributed by atoms with Crippen LogP contribution in [0.4, 0.5) is 0 Å². The predicted octanol–water partition coefficient (Wildman–Crippen LogP) is 2.34. The molecule has 1 atom stereocenters. The van der Waals surface area contributed by atoms with Gasteiger partial charge in [-0.1, -0.05) is 11.6 Å². The Bertz CT molecular complexity index is 1080. The minimum Gasteiger partial charge on any atom is -0.350 e. The summed E-state index contributed by atoms with van der Waals surface area (Å²) in [5.74, 6) is 0.735. The highest BCUT2D eigenvalue weighted by molar-refractivity contribution is 5.97. The minimum atomic E-state index is -0.360. The van der Waals surface area contributed by atoms with Gasteiger partial charge in [0.1, 0.15) is 17.7 Å². The highest BCUT2D eigenvalue weighted by atomic mass is 16.2. The number of benzene rings is 1. The molecule has 1 aliphatic carbocycles. The molecule has 3 aromatic rings. The second-order valence-corrected chi connectivity index (χ2v) is 7.23. The van der Waals surface area contributed by atoms with Crippen molar-refractivity contribution in [2.24, 2.45) is 13.0 Å². The third-order valence-corrected chi connectivity index (χ3v) is 5.19. The van der Waals surface area contributed by atoms with E-state index in [1.54, 1.807) is 10.9 Å². The number of nitrogens with zero attached hydrogens (tertiary/aromatic N) is 4. The molecule has 140 valence electrons. The first-order valence-electron chi connectivity index (χ1n) is 9.28. The topological polar surface area (TPSA) is 81.8 Å². The lowest BCUT2D eigenvalue weighted by molar-refractivity contribution is 0.0927. The lowest BCUT2D eigenvalue weighted by Crippen LogP contribution is -2.35. The number of aromatic nitrogens is 4. The maximum Gasteiger partial charge on any atom is 0.257 e. The minimum absolute atomic E-state index is 0.156. The zero-order valence-electron chi connectivity index (χ0n) is 15.8. The first-order chi connectivity index (χ1) is 13.0. The average Bonchev–Trinajstić information content (AvgIpc) is 3.39. The molecule has 0 unspecified atom stereocenters. The molecule has 0 aliphatic heterocycles. The van der Waals surface area contributed by atoms with Gasteiger partial charge in [-0.15, -0.1) is 0 Å². The molecule has 4 rings (SSSR count). The summed E-state index contributed by atoms with van der Waals surface area (Å²) < 4.78 is 3.62. The van der Waals surface area contributed by atoms with Gasteiger partial charge in [0.25, 0.3) is 5.91 Å². The van der Waals surface area contributed by atoms with E-state index in [0.29, 0.717) is 17.8 Å². The van der Waals surface area contributed by atoms with Gasteiger partial charge in [0.15, 0.2) is 0 Å². The molecule has 1 aliphatic rings. The van der Waals surface area contributed by atoms with Gasteiger partial charge in [0.05, 0.1) is 11.6 Å². The van der Waals surface area contributed by atoms with Crippen LogP contribution in [0.25, 0.3) is 10.9 Å². The highest BCUT2D eigenvalue weighted by Gasteiger charge is 2.36. The Labute approximate surface area is 157 Å². The number of amides is 1. The van der Waals surface area contributed by atoms with Gasteiger partial charge >= 0.3 is 0 Å². The first kappa shape index (κ1) is 17.5. The van der Waals surface area contributed by atoms with E-state index in [9.17, 15) is 9.59 Å². The van der Waals surface area contributed by atoms with Crippen molar-refractivity contribution < 1.29 is 4.79 Å². The van der Waals surface area contributed by atoms with Gasteiger partial charge in [-0.2, -0.15) is 5.10 Å². The summed E-state index contributed by atoms with van der Waals surface area (Å²) in [5.41, 5.74) is 1.72. The van der Waals surface area contributed by atoms with Crippen LogP contribution in [-0.4, -0.2) is 25.2 Å². The molecule has 0 bridgehead atoms. The molecule has 7 nitrogen and oxygen atoms in total.